The maximum Gasteiger partial charge on any atom is 0.494 e. The van der Waals surface area contributed by atoms with Gasteiger partial charge < -0.3 is 19.4 Å². The maximum atomic E-state index is 12.1. The van der Waals surface area contributed by atoms with Crippen LogP contribution in [0.15, 0.2) is 24.3 Å². The molecule has 1 saturated heterocycles. The molecule has 0 spiro atoms. The van der Waals surface area contributed by atoms with Crippen molar-refractivity contribution in [2.24, 2.45) is 0 Å². The first-order valence-corrected chi connectivity index (χ1v) is 9.31. The SMILES string of the molecule is CC(C)(C)OC(=O)NC1(c2ccc(B3OC(C)(C)C(C)(C)O3)cc2)CC1. The molecule has 0 radical (unpaired) electrons. The maximum absolute atomic E-state index is 12.1. The topological polar surface area (TPSA) is 56.8 Å². The second kappa shape index (κ2) is 5.99. The highest BCUT2D eigenvalue weighted by Gasteiger charge is 2.52. The summed E-state index contributed by atoms with van der Waals surface area (Å²) >= 11 is 0. The van der Waals surface area contributed by atoms with E-state index in [1.165, 1.54) is 0 Å². The molecule has 26 heavy (non-hydrogen) atoms. The zero-order valence-corrected chi connectivity index (χ0v) is 16.9. The van der Waals surface area contributed by atoms with Gasteiger partial charge in [0.2, 0.25) is 0 Å². The van der Waals surface area contributed by atoms with Crippen molar-refractivity contribution >= 4 is 18.7 Å². The Hall–Kier alpha value is -1.53. The number of hydrogen-bond donors (Lipinski definition) is 1. The summed E-state index contributed by atoms with van der Waals surface area (Å²) in [5, 5.41) is 3.03. The lowest BCUT2D eigenvalue weighted by atomic mass is 9.78. The van der Waals surface area contributed by atoms with Gasteiger partial charge in [-0.05, 0) is 72.3 Å². The van der Waals surface area contributed by atoms with E-state index >= 15 is 0 Å². The normalized spacial score (nSPS) is 22.8. The van der Waals surface area contributed by atoms with Crippen LogP contribution in [0.4, 0.5) is 4.79 Å². The zero-order valence-electron chi connectivity index (χ0n) is 16.9. The van der Waals surface area contributed by atoms with E-state index in [-0.39, 0.29) is 30.0 Å². The smallest absolute Gasteiger partial charge is 0.444 e. The van der Waals surface area contributed by atoms with E-state index in [0.717, 1.165) is 23.9 Å². The Morgan fingerprint density at radius 1 is 1.04 bits per heavy atom. The van der Waals surface area contributed by atoms with Gasteiger partial charge in [0, 0.05) is 0 Å². The Morgan fingerprint density at radius 3 is 1.96 bits per heavy atom. The van der Waals surface area contributed by atoms with Gasteiger partial charge in [0.05, 0.1) is 16.7 Å². The fourth-order valence-corrected chi connectivity index (χ4v) is 3.05. The molecule has 1 aliphatic carbocycles. The summed E-state index contributed by atoms with van der Waals surface area (Å²) in [5.74, 6) is 0. The van der Waals surface area contributed by atoms with Crippen LogP contribution in [0, 0.1) is 0 Å². The molecule has 0 unspecified atom stereocenters. The molecule has 1 saturated carbocycles. The zero-order chi connectivity index (χ0) is 19.4. The molecule has 1 amide bonds. The van der Waals surface area contributed by atoms with Crippen molar-refractivity contribution < 1.29 is 18.8 Å². The van der Waals surface area contributed by atoms with Crippen LogP contribution < -0.4 is 10.8 Å². The van der Waals surface area contributed by atoms with Crippen LogP contribution >= 0.6 is 0 Å². The summed E-state index contributed by atoms with van der Waals surface area (Å²) < 4.78 is 17.6. The fourth-order valence-electron chi connectivity index (χ4n) is 3.05. The Balaban J connectivity index is 1.70. The van der Waals surface area contributed by atoms with Crippen molar-refractivity contribution in [3.8, 4) is 0 Å². The van der Waals surface area contributed by atoms with E-state index in [0.29, 0.717) is 0 Å². The summed E-state index contributed by atoms with van der Waals surface area (Å²) in [6, 6.07) is 8.14. The minimum Gasteiger partial charge on any atom is -0.444 e. The molecule has 1 N–H and O–H groups in total. The van der Waals surface area contributed by atoms with Crippen LogP contribution in [-0.2, 0) is 19.6 Å². The highest BCUT2D eigenvalue weighted by molar-refractivity contribution is 6.62. The Labute approximate surface area is 156 Å². The molecular formula is C20H30BNO4. The number of benzene rings is 1. The molecule has 0 bridgehead atoms. The summed E-state index contributed by atoms with van der Waals surface area (Å²) in [5.41, 5.74) is 0.556. The third kappa shape index (κ3) is 3.76. The van der Waals surface area contributed by atoms with Crippen LogP contribution in [0.2, 0.25) is 0 Å². The van der Waals surface area contributed by atoms with E-state index in [9.17, 15) is 4.79 Å². The second-order valence-corrected chi connectivity index (χ2v) is 9.42. The molecule has 0 aromatic heterocycles. The average Bonchev–Trinajstić information content (AvgIpc) is 3.20. The number of hydrogen-bond acceptors (Lipinski definition) is 4. The standard InChI is InChI=1S/C20H30BNO4/c1-17(2,3)24-16(23)22-20(12-13-20)14-8-10-15(11-9-14)21-25-18(4,5)19(6,7)26-21/h8-11H,12-13H2,1-7H3,(H,22,23). The van der Waals surface area contributed by atoms with Gasteiger partial charge in [-0.2, -0.15) is 0 Å². The lowest BCUT2D eigenvalue weighted by Gasteiger charge is -2.32. The summed E-state index contributed by atoms with van der Waals surface area (Å²) in [6.45, 7) is 13.8. The summed E-state index contributed by atoms with van der Waals surface area (Å²) in [7, 11) is -0.372. The van der Waals surface area contributed by atoms with Crippen molar-refractivity contribution in [1.29, 1.82) is 0 Å². The third-order valence-electron chi connectivity index (χ3n) is 5.48. The number of carbonyl (C=O) groups excluding carboxylic acids is 1. The minimum absolute atomic E-state index is 0.309. The molecule has 5 nitrogen and oxygen atoms in total. The molecule has 1 aromatic rings. The number of ether oxygens (including phenoxy) is 1. The quantitative estimate of drug-likeness (QED) is 0.840. The van der Waals surface area contributed by atoms with Gasteiger partial charge in [-0.25, -0.2) is 4.79 Å². The van der Waals surface area contributed by atoms with Gasteiger partial charge >= 0.3 is 13.2 Å². The largest absolute Gasteiger partial charge is 0.494 e. The molecule has 0 atom stereocenters. The molecule has 142 valence electrons. The molecular weight excluding hydrogens is 329 g/mol. The second-order valence-electron chi connectivity index (χ2n) is 9.42. The van der Waals surface area contributed by atoms with E-state index in [1.54, 1.807) is 0 Å². The number of amides is 1. The molecule has 2 fully saturated rings. The van der Waals surface area contributed by atoms with E-state index in [2.05, 4.69) is 5.32 Å². The van der Waals surface area contributed by atoms with Crippen LogP contribution in [-0.4, -0.2) is 30.0 Å². The molecule has 1 heterocycles. The van der Waals surface area contributed by atoms with Crippen molar-refractivity contribution in [3.63, 3.8) is 0 Å². The van der Waals surface area contributed by atoms with Crippen molar-refractivity contribution in [3.05, 3.63) is 29.8 Å². The van der Waals surface area contributed by atoms with Gasteiger partial charge in [-0.1, -0.05) is 24.3 Å². The van der Waals surface area contributed by atoms with Gasteiger partial charge in [-0.3, -0.25) is 0 Å². The van der Waals surface area contributed by atoms with E-state index in [1.807, 2.05) is 72.7 Å². The molecule has 1 aliphatic heterocycles. The Morgan fingerprint density at radius 2 is 1.54 bits per heavy atom. The first-order chi connectivity index (χ1) is 11.8. The van der Waals surface area contributed by atoms with Crippen LogP contribution in [0.3, 0.4) is 0 Å². The lowest BCUT2D eigenvalue weighted by Crippen LogP contribution is -2.41. The fraction of sp³-hybridized carbons (Fsp3) is 0.650. The van der Waals surface area contributed by atoms with Crippen molar-refractivity contribution in [1.82, 2.24) is 5.32 Å². The Kier molecular flexibility index (Phi) is 4.44. The van der Waals surface area contributed by atoms with Crippen molar-refractivity contribution in [2.45, 2.75) is 83.6 Å². The average molecular weight is 359 g/mol. The number of nitrogens with one attached hydrogen (secondary N) is 1. The summed E-state index contributed by atoms with van der Waals surface area (Å²) in [4.78, 5) is 12.1. The van der Waals surface area contributed by atoms with Crippen LogP contribution in [0.25, 0.3) is 0 Å². The molecule has 1 aromatic carbocycles. The van der Waals surface area contributed by atoms with Crippen LogP contribution in [0.1, 0.15) is 66.9 Å². The van der Waals surface area contributed by atoms with Gasteiger partial charge in [0.1, 0.15) is 5.60 Å². The van der Waals surface area contributed by atoms with Gasteiger partial charge in [-0.15, -0.1) is 0 Å². The van der Waals surface area contributed by atoms with E-state index in [4.69, 9.17) is 14.0 Å². The number of alkyl carbamates (subject to hydrolysis) is 1. The Bertz CT molecular complexity index is 671. The predicted molar refractivity (Wildman–Crippen MR) is 102 cm³/mol. The number of rotatable bonds is 3. The predicted octanol–water partition coefficient (Wildman–Crippen LogP) is 3.50. The first kappa shape index (κ1) is 19.2. The molecule has 3 rings (SSSR count). The molecule has 2 aliphatic rings. The van der Waals surface area contributed by atoms with E-state index < -0.39 is 5.60 Å². The molecule has 6 heteroatoms. The monoisotopic (exact) mass is 359 g/mol. The number of carbonyl (C=O) groups is 1. The van der Waals surface area contributed by atoms with Crippen LogP contribution in [0.5, 0.6) is 0 Å². The van der Waals surface area contributed by atoms with Crippen molar-refractivity contribution in [2.75, 3.05) is 0 Å². The highest BCUT2D eigenvalue weighted by atomic mass is 16.7. The lowest BCUT2D eigenvalue weighted by molar-refractivity contribution is 0.00578. The third-order valence-corrected chi connectivity index (χ3v) is 5.48. The minimum atomic E-state index is -0.499. The first-order valence-electron chi connectivity index (χ1n) is 9.31. The summed E-state index contributed by atoms with van der Waals surface area (Å²) in [6.07, 6.45) is 1.47. The highest BCUT2D eigenvalue weighted by Crippen LogP contribution is 2.45. The van der Waals surface area contributed by atoms with Gasteiger partial charge in [0.25, 0.3) is 0 Å². The van der Waals surface area contributed by atoms with Gasteiger partial charge in [0.15, 0.2) is 0 Å².